The van der Waals surface area contributed by atoms with Gasteiger partial charge >= 0.3 is 0 Å². The second-order valence-corrected chi connectivity index (χ2v) is 4.95. The van der Waals surface area contributed by atoms with Gasteiger partial charge in [-0.2, -0.15) is 0 Å². The molecule has 1 aromatic heterocycles. The lowest BCUT2D eigenvalue weighted by Crippen LogP contribution is -2.42. The van der Waals surface area contributed by atoms with E-state index in [1.165, 1.54) is 6.42 Å². The van der Waals surface area contributed by atoms with Crippen LogP contribution in [0.2, 0.25) is 0 Å². The third kappa shape index (κ3) is 3.81. The first-order valence-electron chi connectivity index (χ1n) is 6.78. The number of ether oxygens (including phenoxy) is 1. The SMILES string of the molecule is COCCN(CC1CCCN1)C(=O)c1ccc(C)o1. The zero-order valence-electron chi connectivity index (χ0n) is 11.6. The van der Waals surface area contributed by atoms with Gasteiger partial charge in [-0.1, -0.05) is 0 Å². The fraction of sp³-hybridized carbons (Fsp3) is 0.643. The summed E-state index contributed by atoms with van der Waals surface area (Å²) in [5.41, 5.74) is 0. The minimum absolute atomic E-state index is 0.0566. The Bertz CT molecular complexity index is 411. The highest BCUT2D eigenvalue weighted by Gasteiger charge is 2.23. The van der Waals surface area contributed by atoms with E-state index >= 15 is 0 Å². The van der Waals surface area contributed by atoms with Crippen molar-refractivity contribution >= 4 is 5.91 Å². The molecule has 5 heteroatoms. The Kier molecular flexibility index (Phi) is 4.99. The van der Waals surface area contributed by atoms with Crippen LogP contribution >= 0.6 is 0 Å². The number of methoxy groups -OCH3 is 1. The van der Waals surface area contributed by atoms with Crippen LogP contribution in [0.4, 0.5) is 0 Å². The summed E-state index contributed by atoms with van der Waals surface area (Å²) < 4.78 is 10.5. The first-order valence-corrected chi connectivity index (χ1v) is 6.78. The van der Waals surface area contributed by atoms with Crippen molar-refractivity contribution in [2.75, 3.05) is 33.4 Å². The van der Waals surface area contributed by atoms with Crippen LogP contribution in [-0.4, -0.2) is 50.2 Å². The third-order valence-electron chi connectivity index (χ3n) is 3.41. The van der Waals surface area contributed by atoms with Crippen molar-refractivity contribution in [3.05, 3.63) is 23.7 Å². The topological polar surface area (TPSA) is 54.7 Å². The molecule has 5 nitrogen and oxygen atoms in total. The maximum atomic E-state index is 12.4. The van der Waals surface area contributed by atoms with Gasteiger partial charge in [0.2, 0.25) is 0 Å². The van der Waals surface area contributed by atoms with Gasteiger partial charge in [-0.05, 0) is 38.4 Å². The summed E-state index contributed by atoms with van der Waals surface area (Å²) in [5, 5.41) is 3.41. The molecule has 2 heterocycles. The number of nitrogens with one attached hydrogen (secondary N) is 1. The summed E-state index contributed by atoms with van der Waals surface area (Å²) in [6, 6.07) is 3.94. The van der Waals surface area contributed by atoms with E-state index in [-0.39, 0.29) is 5.91 Å². The highest BCUT2D eigenvalue weighted by atomic mass is 16.5. The second-order valence-electron chi connectivity index (χ2n) is 4.95. The van der Waals surface area contributed by atoms with E-state index in [9.17, 15) is 4.79 Å². The number of amides is 1. The molecule has 1 saturated heterocycles. The Balaban J connectivity index is 2.00. The average Bonchev–Trinajstić information content (AvgIpc) is 3.05. The molecule has 106 valence electrons. The van der Waals surface area contributed by atoms with Gasteiger partial charge in [0, 0.05) is 26.2 Å². The third-order valence-corrected chi connectivity index (χ3v) is 3.41. The van der Waals surface area contributed by atoms with Crippen LogP contribution in [-0.2, 0) is 4.74 Å². The first kappa shape index (κ1) is 14.1. The molecule has 1 aliphatic rings. The van der Waals surface area contributed by atoms with Crippen molar-refractivity contribution in [1.29, 1.82) is 0 Å². The molecule has 0 aromatic carbocycles. The molecule has 1 atom stereocenters. The molecule has 1 aliphatic heterocycles. The van der Waals surface area contributed by atoms with Gasteiger partial charge in [0.25, 0.3) is 5.91 Å². The Morgan fingerprint density at radius 2 is 2.42 bits per heavy atom. The summed E-state index contributed by atoms with van der Waals surface area (Å²) in [5.74, 6) is 1.11. The minimum atomic E-state index is -0.0566. The van der Waals surface area contributed by atoms with Gasteiger partial charge in [0.05, 0.1) is 6.61 Å². The number of furan rings is 1. The quantitative estimate of drug-likeness (QED) is 0.846. The molecule has 0 saturated carbocycles. The van der Waals surface area contributed by atoms with Crippen molar-refractivity contribution in [2.24, 2.45) is 0 Å². The molecular formula is C14H22N2O3. The van der Waals surface area contributed by atoms with Crippen molar-refractivity contribution in [2.45, 2.75) is 25.8 Å². The Hall–Kier alpha value is -1.33. The van der Waals surface area contributed by atoms with E-state index in [1.54, 1.807) is 13.2 Å². The van der Waals surface area contributed by atoms with E-state index < -0.39 is 0 Å². The smallest absolute Gasteiger partial charge is 0.289 e. The predicted molar refractivity (Wildman–Crippen MR) is 72.2 cm³/mol. The van der Waals surface area contributed by atoms with Crippen molar-refractivity contribution in [3.63, 3.8) is 0 Å². The normalized spacial score (nSPS) is 18.7. The molecule has 19 heavy (non-hydrogen) atoms. The molecule has 1 fully saturated rings. The number of carbonyl (C=O) groups is 1. The standard InChI is InChI=1S/C14H22N2O3/c1-11-5-6-13(19-11)14(17)16(8-9-18-2)10-12-4-3-7-15-12/h5-6,12,15H,3-4,7-10H2,1-2H3. The van der Waals surface area contributed by atoms with Crippen molar-refractivity contribution < 1.29 is 13.9 Å². The van der Waals surface area contributed by atoms with Gasteiger partial charge in [-0.15, -0.1) is 0 Å². The highest BCUT2D eigenvalue weighted by molar-refractivity contribution is 5.91. The molecule has 2 rings (SSSR count). The van der Waals surface area contributed by atoms with Gasteiger partial charge in [-0.25, -0.2) is 0 Å². The Morgan fingerprint density at radius 1 is 1.58 bits per heavy atom. The molecule has 0 radical (unpaired) electrons. The predicted octanol–water partition coefficient (Wildman–Crippen LogP) is 1.43. The minimum Gasteiger partial charge on any atom is -0.456 e. The first-order chi connectivity index (χ1) is 9.20. The average molecular weight is 266 g/mol. The molecule has 0 aliphatic carbocycles. The molecule has 1 N–H and O–H groups in total. The number of hydrogen-bond donors (Lipinski definition) is 1. The Morgan fingerprint density at radius 3 is 3.00 bits per heavy atom. The summed E-state index contributed by atoms with van der Waals surface area (Å²) >= 11 is 0. The summed E-state index contributed by atoms with van der Waals surface area (Å²) in [6.45, 7) is 4.72. The van der Waals surface area contributed by atoms with Crippen LogP contribution in [0.3, 0.4) is 0 Å². The van der Waals surface area contributed by atoms with E-state index in [0.29, 0.717) is 31.5 Å². The molecular weight excluding hydrogens is 244 g/mol. The van der Waals surface area contributed by atoms with Gasteiger partial charge in [-0.3, -0.25) is 4.79 Å². The summed E-state index contributed by atoms with van der Waals surface area (Å²) in [4.78, 5) is 14.2. The van der Waals surface area contributed by atoms with Crippen LogP contribution in [0.1, 0.15) is 29.2 Å². The van der Waals surface area contributed by atoms with Crippen LogP contribution in [0.25, 0.3) is 0 Å². The molecule has 1 unspecified atom stereocenters. The maximum Gasteiger partial charge on any atom is 0.289 e. The largest absolute Gasteiger partial charge is 0.456 e. The van der Waals surface area contributed by atoms with Crippen molar-refractivity contribution in [3.8, 4) is 0 Å². The molecule has 1 aromatic rings. The highest BCUT2D eigenvalue weighted by Crippen LogP contribution is 2.13. The number of nitrogens with zero attached hydrogens (tertiary/aromatic N) is 1. The van der Waals surface area contributed by atoms with Gasteiger partial charge < -0.3 is 19.4 Å². The van der Waals surface area contributed by atoms with Crippen molar-refractivity contribution in [1.82, 2.24) is 10.2 Å². The second kappa shape index (κ2) is 6.73. The molecule has 1 amide bonds. The summed E-state index contributed by atoms with van der Waals surface area (Å²) in [7, 11) is 1.65. The fourth-order valence-corrected chi connectivity index (χ4v) is 2.36. The van der Waals surface area contributed by atoms with Gasteiger partial charge in [0.1, 0.15) is 5.76 Å². The van der Waals surface area contributed by atoms with E-state index in [0.717, 1.165) is 18.7 Å². The van der Waals surface area contributed by atoms with Crippen LogP contribution < -0.4 is 5.32 Å². The number of carbonyl (C=O) groups excluding carboxylic acids is 1. The lowest BCUT2D eigenvalue weighted by Gasteiger charge is -2.24. The molecule has 0 bridgehead atoms. The lowest BCUT2D eigenvalue weighted by molar-refractivity contribution is 0.0647. The zero-order chi connectivity index (χ0) is 13.7. The zero-order valence-corrected chi connectivity index (χ0v) is 11.6. The molecule has 0 spiro atoms. The van der Waals surface area contributed by atoms with E-state index in [4.69, 9.17) is 9.15 Å². The van der Waals surface area contributed by atoms with E-state index in [1.807, 2.05) is 17.9 Å². The summed E-state index contributed by atoms with van der Waals surface area (Å²) in [6.07, 6.45) is 2.30. The van der Waals surface area contributed by atoms with Crippen LogP contribution in [0.5, 0.6) is 0 Å². The fourth-order valence-electron chi connectivity index (χ4n) is 2.36. The number of aryl methyl sites for hydroxylation is 1. The monoisotopic (exact) mass is 266 g/mol. The lowest BCUT2D eigenvalue weighted by atomic mass is 10.2. The van der Waals surface area contributed by atoms with Crippen LogP contribution in [0, 0.1) is 6.92 Å². The number of rotatable bonds is 6. The van der Waals surface area contributed by atoms with Crippen LogP contribution in [0.15, 0.2) is 16.5 Å². The van der Waals surface area contributed by atoms with E-state index in [2.05, 4.69) is 5.32 Å². The van der Waals surface area contributed by atoms with Gasteiger partial charge in [0.15, 0.2) is 5.76 Å². The number of hydrogen-bond acceptors (Lipinski definition) is 4. The Labute approximate surface area is 113 Å². The maximum absolute atomic E-state index is 12.4.